The molecule has 4 heterocycles. The van der Waals surface area contributed by atoms with E-state index in [2.05, 4.69) is 5.32 Å². The van der Waals surface area contributed by atoms with Crippen LogP contribution in [0.1, 0.15) is 91.0 Å². The van der Waals surface area contributed by atoms with E-state index in [1.807, 2.05) is 48.5 Å². The quantitative estimate of drug-likeness (QED) is 0.130. The Morgan fingerprint density at radius 2 is 1.49 bits per heavy atom. The van der Waals surface area contributed by atoms with Crippen LogP contribution >= 0.6 is 23.2 Å². The van der Waals surface area contributed by atoms with Crippen LogP contribution in [0, 0.1) is 6.92 Å². The molecule has 1 aliphatic heterocycles. The van der Waals surface area contributed by atoms with Crippen LogP contribution < -0.4 is 15.6 Å². The first-order valence-corrected chi connectivity index (χ1v) is 22.4. The lowest BCUT2D eigenvalue weighted by Crippen LogP contribution is -2.56. The van der Waals surface area contributed by atoms with E-state index in [1.54, 1.807) is 83.5 Å². The van der Waals surface area contributed by atoms with Gasteiger partial charge in [0.15, 0.2) is 0 Å². The van der Waals surface area contributed by atoms with Crippen molar-refractivity contribution in [2.24, 2.45) is 0 Å². The zero-order chi connectivity index (χ0) is 47.2. The second-order valence-electron chi connectivity index (χ2n) is 19.2. The number of benzene rings is 2. The molecule has 2 fully saturated rings. The number of halogens is 2. The molecule has 2 aliphatic rings. The second-order valence-corrected chi connectivity index (χ2v) is 19.9. The molecule has 3 amide bonds. The van der Waals surface area contributed by atoms with Gasteiger partial charge in [-0.2, -0.15) is 0 Å². The topological polar surface area (TPSA) is 165 Å². The van der Waals surface area contributed by atoms with E-state index in [1.165, 1.54) is 11.5 Å². The van der Waals surface area contributed by atoms with Crippen LogP contribution in [0.5, 0.6) is 5.88 Å². The molecular formula is C49H56Cl2N6O8. The van der Waals surface area contributed by atoms with Gasteiger partial charge in [0.2, 0.25) is 11.8 Å². The van der Waals surface area contributed by atoms with Gasteiger partial charge >= 0.3 is 12.2 Å². The fourth-order valence-corrected chi connectivity index (χ4v) is 8.89. The van der Waals surface area contributed by atoms with Crippen LogP contribution in [0.4, 0.5) is 9.59 Å². The van der Waals surface area contributed by atoms with Crippen LogP contribution in [-0.2, 0) is 27.4 Å². The van der Waals surface area contributed by atoms with E-state index in [0.717, 1.165) is 0 Å². The number of methoxy groups -OCH3 is 1. The molecular weight excluding hydrogens is 871 g/mol. The third-order valence-electron chi connectivity index (χ3n) is 11.4. The van der Waals surface area contributed by atoms with Gasteiger partial charge < -0.3 is 29.5 Å². The molecule has 2 N–H and O–H groups in total. The molecule has 0 unspecified atom stereocenters. The number of aliphatic hydroxyl groups is 1. The number of hydrogen-bond donors (Lipinski definition) is 2. The Labute approximate surface area is 388 Å². The summed E-state index contributed by atoms with van der Waals surface area (Å²) in [6.07, 6.45) is 2.36. The van der Waals surface area contributed by atoms with Gasteiger partial charge in [0.1, 0.15) is 16.8 Å². The molecule has 3 aromatic heterocycles. The highest BCUT2D eigenvalue weighted by molar-refractivity contribution is 6.39. The molecule has 0 bridgehead atoms. The molecule has 65 heavy (non-hydrogen) atoms. The van der Waals surface area contributed by atoms with Crippen molar-refractivity contribution < 1.29 is 33.7 Å². The summed E-state index contributed by atoms with van der Waals surface area (Å²) < 4.78 is 18.7. The molecule has 344 valence electrons. The Hall–Kier alpha value is -5.70. The van der Waals surface area contributed by atoms with Gasteiger partial charge in [0.25, 0.3) is 5.56 Å². The van der Waals surface area contributed by atoms with Gasteiger partial charge in [0.05, 0.1) is 47.2 Å². The highest BCUT2D eigenvalue weighted by atomic mass is 35.5. The SMILES string of the molecule is COc1nc(-c2cccc(-c3cccc(-c4ccn5c(=O)c(C)c(CN(C(=O)OC(C)(C)C)C6CC(C)(O)C6)nc5c4)c3Cl)c2Cl)ccc1CN(C[C@@H]1CCC(=O)N1)C(=O)OC(C)(C)C. The minimum Gasteiger partial charge on any atom is -0.481 e. The van der Waals surface area contributed by atoms with Crippen molar-refractivity contribution in [2.75, 3.05) is 13.7 Å². The lowest BCUT2D eigenvalue weighted by Gasteiger charge is -2.46. The van der Waals surface area contributed by atoms with Crippen molar-refractivity contribution >= 4 is 46.9 Å². The maximum absolute atomic E-state index is 13.7. The number of pyridine rings is 2. The minimum absolute atomic E-state index is 0.0256. The summed E-state index contributed by atoms with van der Waals surface area (Å²) in [5.41, 5.74) is 3.00. The monoisotopic (exact) mass is 926 g/mol. The normalized spacial score (nSPS) is 18.5. The maximum atomic E-state index is 13.7. The van der Waals surface area contributed by atoms with E-state index in [9.17, 15) is 24.3 Å². The average Bonchev–Trinajstić information content (AvgIpc) is 3.63. The molecule has 7 rings (SSSR count). The summed E-state index contributed by atoms with van der Waals surface area (Å²) in [5, 5.41) is 14.3. The highest BCUT2D eigenvalue weighted by Gasteiger charge is 2.44. The highest BCUT2D eigenvalue weighted by Crippen LogP contribution is 2.43. The van der Waals surface area contributed by atoms with Crippen LogP contribution in [0.25, 0.3) is 39.2 Å². The van der Waals surface area contributed by atoms with Crippen molar-refractivity contribution in [3.05, 3.63) is 104 Å². The molecule has 1 aliphatic carbocycles. The molecule has 2 aromatic carbocycles. The number of carbonyl (C=O) groups excluding carboxylic acids is 3. The number of carbonyl (C=O) groups is 3. The predicted molar refractivity (Wildman–Crippen MR) is 250 cm³/mol. The van der Waals surface area contributed by atoms with Crippen molar-refractivity contribution in [1.82, 2.24) is 29.5 Å². The summed E-state index contributed by atoms with van der Waals surface area (Å²) in [5.74, 6) is 0.246. The van der Waals surface area contributed by atoms with Gasteiger partial charge in [-0.05, 0) is 104 Å². The summed E-state index contributed by atoms with van der Waals surface area (Å²) in [6.45, 7) is 14.6. The van der Waals surface area contributed by atoms with Crippen LogP contribution in [0.2, 0.25) is 10.0 Å². The minimum atomic E-state index is -0.896. The van der Waals surface area contributed by atoms with Gasteiger partial charge in [0, 0.05) is 64.6 Å². The standard InChI is InChI=1S/C49H56Cl2N6O8/c1-28-38(27-57(32-23-49(8,62)24-32)46(61)65-48(5,6)7)53-39-22-29(20-21-56(39)44(28)59)33-12-10-13-34(41(33)50)35-14-11-15-36(42(35)51)37-18-16-30(43(54-37)63-9)25-55(45(60)64-47(2,3)4)26-31-17-19-40(58)52-31/h10-16,18,20-22,31-32,62H,17,19,23-27H2,1-9H3,(H,52,58)/t31-,32?,49?/m0/s1. The van der Waals surface area contributed by atoms with Crippen molar-refractivity contribution in [3.63, 3.8) is 0 Å². The lowest BCUT2D eigenvalue weighted by atomic mass is 9.76. The number of nitrogens with one attached hydrogen (secondary N) is 1. The smallest absolute Gasteiger partial charge is 0.410 e. The zero-order valence-electron chi connectivity index (χ0n) is 38.3. The first-order chi connectivity index (χ1) is 30.5. The van der Waals surface area contributed by atoms with Crippen LogP contribution in [0.3, 0.4) is 0 Å². The largest absolute Gasteiger partial charge is 0.481 e. The second kappa shape index (κ2) is 18.3. The fraction of sp³-hybridized carbons (Fsp3) is 0.429. The molecule has 1 saturated heterocycles. The Morgan fingerprint density at radius 3 is 2.09 bits per heavy atom. The molecule has 1 atom stereocenters. The summed E-state index contributed by atoms with van der Waals surface area (Å²) in [4.78, 5) is 65.4. The first-order valence-electron chi connectivity index (χ1n) is 21.6. The number of nitrogens with zero attached hydrogens (tertiary/aromatic N) is 5. The Balaban J connectivity index is 1.18. The average molecular weight is 928 g/mol. The first kappa shape index (κ1) is 47.3. The molecule has 0 spiro atoms. The number of aromatic nitrogens is 3. The van der Waals surface area contributed by atoms with E-state index < -0.39 is 29.0 Å². The van der Waals surface area contributed by atoms with Crippen molar-refractivity contribution in [2.45, 2.75) is 123 Å². The Morgan fingerprint density at radius 1 is 0.877 bits per heavy atom. The van der Waals surface area contributed by atoms with Crippen LogP contribution in [-0.4, -0.2) is 89.9 Å². The fourth-order valence-electron chi connectivity index (χ4n) is 8.23. The van der Waals surface area contributed by atoms with E-state index in [0.29, 0.717) is 97.6 Å². The lowest BCUT2D eigenvalue weighted by molar-refractivity contribution is -0.119. The molecule has 5 aromatic rings. The molecule has 14 nitrogen and oxygen atoms in total. The van der Waals surface area contributed by atoms with E-state index in [4.69, 9.17) is 47.4 Å². The molecule has 16 heteroatoms. The number of amides is 3. The zero-order valence-corrected chi connectivity index (χ0v) is 39.8. The maximum Gasteiger partial charge on any atom is 0.410 e. The Bertz CT molecular complexity index is 2720. The van der Waals surface area contributed by atoms with Gasteiger partial charge in [-0.3, -0.25) is 18.9 Å². The summed E-state index contributed by atoms with van der Waals surface area (Å²) in [6, 6.07) is 18.0. The summed E-state index contributed by atoms with van der Waals surface area (Å²) >= 11 is 14.5. The Kier molecular flexibility index (Phi) is 13.3. The van der Waals surface area contributed by atoms with E-state index in [-0.39, 0.29) is 43.2 Å². The summed E-state index contributed by atoms with van der Waals surface area (Å²) in [7, 11) is 1.51. The number of ether oxygens (including phenoxy) is 3. The van der Waals surface area contributed by atoms with E-state index >= 15 is 0 Å². The van der Waals surface area contributed by atoms with Gasteiger partial charge in [-0.15, -0.1) is 0 Å². The van der Waals surface area contributed by atoms with Gasteiger partial charge in [-0.1, -0.05) is 59.6 Å². The third kappa shape index (κ3) is 10.7. The molecule has 1 saturated carbocycles. The number of rotatable bonds is 11. The predicted octanol–water partition coefficient (Wildman–Crippen LogP) is 9.38. The third-order valence-corrected chi connectivity index (χ3v) is 12.3. The van der Waals surface area contributed by atoms with Gasteiger partial charge in [-0.25, -0.2) is 19.6 Å². The van der Waals surface area contributed by atoms with Crippen LogP contribution in [0.15, 0.2) is 71.7 Å². The molecule has 0 radical (unpaired) electrons. The number of hydrogen-bond acceptors (Lipinski definition) is 10. The van der Waals surface area contributed by atoms with Crippen molar-refractivity contribution in [3.8, 4) is 39.4 Å². The van der Waals surface area contributed by atoms with Crippen molar-refractivity contribution in [1.29, 1.82) is 0 Å². The number of fused-ring (bicyclic) bond motifs is 1.